The molecule has 1 heterocycles. The van der Waals surface area contributed by atoms with Gasteiger partial charge in [0, 0.05) is 45.3 Å². The highest BCUT2D eigenvalue weighted by atomic mass is 15.3. The average molecular weight is 247 g/mol. The summed E-state index contributed by atoms with van der Waals surface area (Å²) in [6.45, 7) is 8.91. The third kappa shape index (κ3) is 4.09. The lowest BCUT2D eigenvalue weighted by Gasteiger charge is -2.35. The Labute approximate surface area is 111 Å². The summed E-state index contributed by atoms with van der Waals surface area (Å²) in [6.07, 6.45) is 1.07. The zero-order valence-electron chi connectivity index (χ0n) is 11.4. The topological polar surface area (TPSA) is 32.5 Å². The van der Waals surface area contributed by atoms with Gasteiger partial charge in [0.1, 0.15) is 0 Å². The molecule has 3 nitrogen and oxygen atoms in total. The van der Waals surface area contributed by atoms with E-state index >= 15 is 0 Å². The van der Waals surface area contributed by atoms with Crippen LogP contribution in [-0.4, -0.2) is 48.6 Å². The molecule has 0 saturated carbocycles. The van der Waals surface area contributed by atoms with Crippen molar-refractivity contribution in [1.82, 2.24) is 9.80 Å². The molecule has 18 heavy (non-hydrogen) atoms. The van der Waals surface area contributed by atoms with Crippen LogP contribution in [0.5, 0.6) is 0 Å². The maximum atomic E-state index is 6.01. The van der Waals surface area contributed by atoms with Crippen LogP contribution in [0, 0.1) is 0 Å². The Morgan fingerprint density at radius 1 is 1.06 bits per heavy atom. The molecular weight excluding hydrogens is 222 g/mol. The second kappa shape index (κ2) is 6.88. The van der Waals surface area contributed by atoms with Crippen molar-refractivity contribution in [2.75, 3.05) is 32.7 Å². The first-order chi connectivity index (χ1) is 8.78. The van der Waals surface area contributed by atoms with Gasteiger partial charge in [-0.25, -0.2) is 0 Å². The Balaban J connectivity index is 1.73. The van der Waals surface area contributed by atoms with Gasteiger partial charge in [-0.1, -0.05) is 37.3 Å². The molecule has 0 spiro atoms. The van der Waals surface area contributed by atoms with Crippen LogP contribution in [0.4, 0.5) is 0 Å². The number of benzene rings is 1. The van der Waals surface area contributed by atoms with Gasteiger partial charge >= 0.3 is 0 Å². The van der Waals surface area contributed by atoms with Gasteiger partial charge in [-0.3, -0.25) is 9.80 Å². The maximum Gasteiger partial charge on any atom is 0.0234 e. The highest BCUT2D eigenvalue weighted by Crippen LogP contribution is 2.08. The normalized spacial score (nSPS) is 19.9. The van der Waals surface area contributed by atoms with Crippen molar-refractivity contribution in [3.63, 3.8) is 0 Å². The Morgan fingerprint density at radius 2 is 1.67 bits per heavy atom. The fourth-order valence-electron chi connectivity index (χ4n) is 2.43. The van der Waals surface area contributed by atoms with Gasteiger partial charge < -0.3 is 5.73 Å². The molecule has 1 aliphatic heterocycles. The summed E-state index contributed by atoms with van der Waals surface area (Å²) in [5.74, 6) is 0. The van der Waals surface area contributed by atoms with Gasteiger partial charge in [-0.2, -0.15) is 0 Å². The van der Waals surface area contributed by atoms with Crippen LogP contribution in [0.25, 0.3) is 0 Å². The van der Waals surface area contributed by atoms with Gasteiger partial charge in [0.25, 0.3) is 0 Å². The van der Waals surface area contributed by atoms with E-state index in [2.05, 4.69) is 47.1 Å². The minimum Gasteiger partial charge on any atom is -0.327 e. The molecule has 0 bridgehead atoms. The van der Waals surface area contributed by atoms with Gasteiger partial charge in [-0.05, 0) is 12.0 Å². The molecule has 2 rings (SSSR count). The van der Waals surface area contributed by atoms with E-state index in [9.17, 15) is 0 Å². The molecular formula is C15H25N3. The van der Waals surface area contributed by atoms with Crippen LogP contribution in [-0.2, 0) is 6.54 Å². The van der Waals surface area contributed by atoms with Crippen molar-refractivity contribution in [2.24, 2.45) is 5.73 Å². The molecule has 1 aliphatic rings. The lowest BCUT2D eigenvalue weighted by atomic mass is 10.2. The first-order valence-electron chi connectivity index (χ1n) is 7.02. The van der Waals surface area contributed by atoms with Crippen molar-refractivity contribution in [2.45, 2.75) is 25.9 Å². The Bertz CT molecular complexity index is 331. The van der Waals surface area contributed by atoms with Gasteiger partial charge in [0.2, 0.25) is 0 Å². The second-order valence-corrected chi connectivity index (χ2v) is 5.23. The molecule has 1 atom stereocenters. The number of piperazine rings is 1. The summed E-state index contributed by atoms with van der Waals surface area (Å²) in [6, 6.07) is 11.1. The number of rotatable bonds is 5. The summed E-state index contributed by atoms with van der Waals surface area (Å²) >= 11 is 0. The number of hydrogen-bond acceptors (Lipinski definition) is 3. The predicted octanol–water partition coefficient (Wildman–Crippen LogP) is 1.54. The van der Waals surface area contributed by atoms with Crippen molar-refractivity contribution in [3.05, 3.63) is 35.9 Å². The first-order valence-corrected chi connectivity index (χ1v) is 7.02. The van der Waals surface area contributed by atoms with Crippen molar-refractivity contribution in [3.8, 4) is 0 Å². The highest BCUT2D eigenvalue weighted by molar-refractivity contribution is 5.14. The Kier molecular flexibility index (Phi) is 5.17. The molecule has 0 aliphatic carbocycles. The quantitative estimate of drug-likeness (QED) is 0.856. The van der Waals surface area contributed by atoms with Crippen LogP contribution >= 0.6 is 0 Å². The van der Waals surface area contributed by atoms with E-state index < -0.39 is 0 Å². The first kappa shape index (κ1) is 13.5. The van der Waals surface area contributed by atoms with Gasteiger partial charge in [0.05, 0.1) is 0 Å². The summed E-state index contributed by atoms with van der Waals surface area (Å²) in [5.41, 5.74) is 7.42. The monoisotopic (exact) mass is 247 g/mol. The number of nitrogens with two attached hydrogens (primary N) is 1. The average Bonchev–Trinajstić information content (AvgIpc) is 2.42. The van der Waals surface area contributed by atoms with Crippen molar-refractivity contribution in [1.29, 1.82) is 0 Å². The minimum absolute atomic E-state index is 0.339. The van der Waals surface area contributed by atoms with E-state index in [4.69, 9.17) is 5.73 Å². The Morgan fingerprint density at radius 3 is 2.28 bits per heavy atom. The van der Waals surface area contributed by atoms with E-state index in [-0.39, 0.29) is 0 Å². The van der Waals surface area contributed by atoms with E-state index in [0.717, 1.165) is 45.7 Å². The molecule has 3 heteroatoms. The number of hydrogen-bond donors (Lipinski definition) is 1. The standard InChI is InChI=1S/C15H25N3/c1-2-15(16)13-18-10-8-17(9-11-18)12-14-6-4-3-5-7-14/h3-7,15H,2,8-13,16H2,1H3. The summed E-state index contributed by atoms with van der Waals surface area (Å²) < 4.78 is 0. The molecule has 0 radical (unpaired) electrons. The smallest absolute Gasteiger partial charge is 0.0234 e. The molecule has 1 fully saturated rings. The molecule has 1 aromatic rings. The molecule has 0 amide bonds. The largest absolute Gasteiger partial charge is 0.327 e. The van der Waals surface area contributed by atoms with E-state index in [1.54, 1.807) is 0 Å². The third-order valence-electron chi connectivity index (χ3n) is 3.73. The fraction of sp³-hybridized carbons (Fsp3) is 0.600. The molecule has 0 aromatic heterocycles. The van der Waals surface area contributed by atoms with Crippen LogP contribution < -0.4 is 5.73 Å². The van der Waals surface area contributed by atoms with Crippen LogP contribution in [0.1, 0.15) is 18.9 Å². The molecule has 1 unspecified atom stereocenters. The summed E-state index contributed by atoms with van der Waals surface area (Å²) in [5, 5.41) is 0. The fourth-order valence-corrected chi connectivity index (χ4v) is 2.43. The predicted molar refractivity (Wildman–Crippen MR) is 76.4 cm³/mol. The van der Waals surface area contributed by atoms with Crippen LogP contribution in [0.2, 0.25) is 0 Å². The van der Waals surface area contributed by atoms with Gasteiger partial charge in [0.15, 0.2) is 0 Å². The molecule has 1 aromatic carbocycles. The molecule has 1 saturated heterocycles. The second-order valence-electron chi connectivity index (χ2n) is 5.23. The van der Waals surface area contributed by atoms with Crippen molar-refractivity contribution >= 4 is 0 Å². The summed E-state index contributed by atoms with van der Waals surface area (Å²) in [7, 11) is 0. The lowest BCUT2D eigenvalue weighted by Crippen LogP contribution is -2.49. The zero-order chi connectivity index (χ0) is 12.8. The SMILES string of the molecule is CCC(N)CN1CCN(Cc2ccccc2)CC1. The van der Waals surface area contributed by atoms with Crippen LogP contribution in [0.15, 0.2) is 30.3 Å². The summed E-state index contributed by atoms with van der Waals surface area (Å²) in [4.78, 5) is 5.03. The van der Waals surface area contributed by atoms with Crippen molar-refractivity contribution < 1.29 is 0 Å². The highest BCUT2D eigenvalue weighted by Gasteiger charge is 2.17. The molecule has 2 N–H and O–H groups in total. The lowest BCUT2D eigenvalue weighted by molar-refractivity contribution is 0.121. The van der Waals surface area contributed by atoms with E-state index in [1.165, 1.54) is 5.56 Å². The van der Waals surface area contributed by atoms with Crippen LogP contribution in [0.3, 0.4) is 0 Å². The minimum atomic E-state index is 0.339. The Hall–Kier alpha value is -0.900. The van der Waals surface area contributed by atoms with E-state index in [0.29, 0.717) is 6.04 Å². The maximum absolute atomic E-state index is 6.01. The molecule has 100 valence electrons. The van der Waals surface area contributed by atoms with E-state index in [1.807, 2.05) is 0 Å². The zero-order valence-corrected chi connectivity index (χ0v) is 11.4. The third-order valence-corrected chi connectivity index (χ3v) is 3.73. The van der Waals surface area contributed by atoms with Gasteiger partial charge in [-0.15, -0.1) is 0 Å². The number of nitrogens with zero attached hydrogens (tertiary/aromatic N) is 2.